The number of nitrogens with zero attached hydrogens (tertiary/aromatic N) is 4. The molecule has 0 radical (unpaired) electrons. The molecule has 27 heavy (non-hydrogen) atoms. The molecule has 1 aromatic carbocycles. The van der Waals surface area contributed by atoms with Crippen LogP contribution in [0.25, 0.3) is 11.0 Å². The van der Waals surface area contributed by atoms with E-state index < -0.39 is 0 Å². The van der Waals surface area contributed by atoms with Crippen LogP contribution in [0.1, 0.15) is 18.5 Å². The number of hydrogen-bond acceptors (Lipinski definition) is 6. The van der Waals surface area contributed by atoms with Crippen LogP contribution in [0, 0.1) is 11.8 Å². The van der Waals surface area contributed by atoms with Crippen molar-refractivity contribution in [3.8, 4) is 0 Å². The Morgan fingerprint density at radius 2 is 1.78 bits per heavy atom. The molecule has 1 N–H and O–H groups in total. The van der Waals surface area contributed by atoms with E-state index in [-0.39, 0.29) is 6.10 Å². The topological polar surface area (TPSA) is 61.7 Å². The molecule has 144 valence electrons. The van der Waals surface area contributed by atoms with E-state index in [0.717, 1.165) is 75.5 Å². The van der Waals surface area contributed by atoms with Crippen LogP contribution in [0.15, 0.2) is 30.5 Å². The molecule has 0 spiro atoms. The smallest absolute Gasteiger partial charge is 0.0890 e. The Hall–Kier alpha value is -1.60. The van der Waals surface area contributed by atoms with Crippen molar-refractivity contribution in [2.24, 2.45) is 11.8 Å². The van der Waals surface area contributed by atoms with Crippen molar-refractivity contribution in [1.29, 1.82) is 0 Å². The highest BCUT2D eigenvalue weighted by Gasteiger charge is 2.43. The van der Waals surface area contributed by atoms with Gasteiger partial charge < -0.3 is 9.84 Å². The minimum atomic E-state index is -0.204. The molecule has 2 aromatic rings. The standard InChI is InChI=1S/C21H28N4O2/c26-21-10-16-13-24(12-15(16)9-20(21)25-5-7-27-8-6-25)14-17-11-22-18-3-1-2-4-19(18)23-17/h1-4,11,15-16,20-21,26H,5-10,12-14H2/t15-,16+,20-,21-/m1/s1. The number of benzene rings is 1. The van der Waals surface area contributed by atoms with Gasteiger partial charge in [0.1, 0.15) is 0 Å². The van der Waals surface area contributed by atoms with Crippen molar-refractivity contribution in [3.63, 3.8) is 0 Å². The molecule has 6 nitrogen and oxygen atoms in total. The fraction of sp³-hybridized carbons (Fsp3) is 0.619. The highest BCUT2D eigenvalue weighted by molar-refractivity contribution is 5.73. The lowest BCUT2D eigenvalue weighted by molar-refractivity contribution is -0.0520. The first-order valence-electron chi connectivity index (χ1n) is 10.2. The molecule has 0 amide bonds. The van der Waals surface area contributed by atoms with Crippen molar-refractivity contribution in [2.45, 2.75) is 31.5 Å². The lowest BCUT2D eigenvalue weighted by atomic mass is 9.77. The van der Waals surface area contributed by atoms with E-state index in [2.05, 4.69) is 14.8 Å². The summed E-state index contributed by atoms with van der Waals surface area (Å²) >= 11 is 0. The number of para-hydroxylation sites is 2. The summed E-state index contributed by atoms with van der Waals surface area (Å²) in [4.78, 5) is 14.3. The second-order valence-corrected chi connectivity index (χ2v) is 8.32. The molecule has 3 heterocycles. The van der Waals surface area contributed by atoms with E-state index in [0.29, 0.717) is 17.9 Å². The molecule has 2 aliphatic heterocycles. The first kappa shape index (κ1) is 17.5. The van der Waals surface area contributed by atoms with E-state index in [9.17, 15) is 5.11 Å². The van der Waals surface area contributed by atoms with Gasteiger partial charge in [0, 0.05) is 38.8 Å². The van der Waals surface area contributed by atoms with Crippen LogP contribution in [-0.2, 0) is 11.3 Å². The minimum Gasteiger partial charge on any atom is -0.391 e. The lowest BCUT2D eigenvalue weighted by Crippen LogP contribution is -2.53. The average Bonchev–Trinajstić information content (AvgIpc) is 3.09. The summed E-state index contributed by atoms with van der Waals surface area (Å²) < 4.78 is 5.48. The minimum absolute atomic E-state index is 0.204. The number of rotatable bonds is 3. The molecule has 6 heteroatoms. The van der Waals surface area contributed by atoms with Crippen molar-refractivity contribution in [1.82, 2.24) is 19.8 Å². The van der Waals surface area contributed by atoms with Crippen molar-refractivity contribution >= 4 is 11.0 Å². The van der Waals surface area contributed by atoms with Gasteiger partial charge >= 0.3 is 0 Å². The van der Waals surface area contributed by atoms with Gasteiger partial charge in [0.15, 0.2) is 0 Å². The summed E-state index contributed by atoms with van der Waals surface area (Å²) in [6.07, 6.45) is 3.73. The van der Waals surface area contributed by atoms with Crippen molar-refractivity contribution in [2.75, 3.05) is 39.4 Å². The fourth-order valence-corrected chi connectivity index (χ4v) is 5.24. The number of morpholine rings is 1. The molecule has 4 atom stereocenters. The number of likely N-dealkylation sites (tertiary alicyclic amines) is 1. The van der Waals surface area contributed by atoms with Crippen LogP contribution < -0.4 is 0 Å². The van der Waals surface area contributed by atoms with Gasteiger partial charge in [0.25, 0.3) is 0 Å². The summed E-state index contributed by atoms with van der Waals surface area (Å²) in [6, 6.07) is 8.34. The third kappa shape index (κ3) is 3.59. The number of hydrogen-bond donors (Lipinski definition) is 1. The molecular weight excluding hydrogens is 340 g/mol. The van der Waals surface area contributed by atoms with Crippen LogP contribution in [-0.4, -0.2) is 76.4 Å². The predicted molar refractivity (Wildman–Crippen MR) is 103 cm³/mol. The number of aromatic nitrogens is 2. The Balaban J connectivity index is 1.25. The van der Waals surface area contributed by atoms with Gasteiger partial charge in [-0.1, -0.05) is 12.1 Å². The van der Waals surface area contributed by atoms with E-state index >= 15 is 0 Å². The summed E-state index contributed by atoms with van der Waals surface area (Å²) in [5.74, 6) is 1.28. The Labute approximate surface area is 160 Å². The van der Waals surface area contributed by atoms with Gasteiger partial charge in [-0.15, -0.1) is 0 Å². The normalized spacial score (nSPS) is 32.6. The van der Waals surface area contributed by atoms with Crippen LogP contribution in [0.4, 0.5) is 0 Å². The zero-order valence-electron chi connectivity index (χ0n) is 15.7. The Morgan fingerprint density at radius 1 is 1.04 bits per heavy atom. The molecule has 2 saturated heterocycles. The Bertz CT molecular complexity index is 795. The summed E-state index contributed by atoms with van der Waals surface area (Å²) in [7, 11) is 0. The van der Waals surface area contributed by atoms with E-state index in [1.54, 1.807) is 0 Å². The second-order valence-electron chi connectivity index (χ2n) is 8.32. The third-order valence-electron chi connectivity index (χ3n) is 6.58. The first-order chi connectivity index (χ1) is 13.3. The Morgan fingerprint density at radius 3 is 2.59 bits per heavy atom. The molecule has 1 saturated carbocycles. The van der Waals surface area contributed by atoms with Gasteiger partial charge in [0.2, 0.25) is 0 Å². The maximum Gasteiger partial charge on any atom is 0.0890 e. The zero-order chi connectivity index (χ0) is 18.2. The predicted octanol–water partition coefficient (Wildman–Crippen LogP) is 1.53. The number of aliphatic hydroxyl groups excluding tert-OH is 1. The van der Waals surface area contributed by atoms with E-state index in [1.165, 1.54) is 0 Å². The van der Waals surface area contributed by atoms with Gasteiger partial charge in [-0.2, -0.15) is 0 Å². The first-order valence-corrected chi connectivity index (χ1v) is 10.2. The summed E-state index contributed by atoms with van der Waals surface area (Å²) in [6.45, 7) is 6.51. The van der Waals surface area contributed by atoms with Gasteiger partial charge in [0.05, 0.1) is 42.2 Å². The molecular formula is C21H28N4O2. The van der Waals surface area contributed by atoms with Gasteiger partial charge in [-0.05, 0) is 36.8 Å². The van der Waals surface area contributed by atoms with Gasteiger partial charge in [-0.25, -0.2) is 4.98 Å². The van der Waals surface area contributed by atoms with E-state index in [4.69, 9.17) is 9.72 Å². The number of aliphatic hydroxyl groups is 1. The fourth-order valence-electron chi connectivity index (χ4n) is 5.24. The molecule has 3 aliphatic rings. The molecule has 3 fully saturated rings. The van der Waals surface area contributed by atoms with Crippen LogP contribution in [0.3, 0.4) is 0 Å². The largest absolute Gasteiger partial charge is 0.391 e. The molecule has 0 bridgehead atoms. The van der Waals surface area contributed by atoms with Crippen molar-refractivity contribution < 1.29 is 9.84 Å². The average molecular weight is 368 g/mol. The number of ether oxygens (including phenoxy) is 1. The zero-order valence-corrected chi connectivity index (χ0v) is 15.7. The molecule has 0 unspecified atom stereocenters. The van der Waals surface area contributed by atoms with Crippen molar-refractivity contribution in [3.05, 3.63) is 36.2 Å². The highest BCUT2D eigenvalue weighted by Crippen LogP contribution is 2.38. The van der Waals surface area contributed by atoms with Crippen LogP contribution in [0.5, 0.6) is 0 Å². The van der Waals surface area contributed by atoms with Gasteiger partial charge in [-0.3, -0.25) is 14.8 Å². The molecule has 1 aromatic heterocycles. The Kier molecular flexibility index (Phi) is 4.82. The highest BCUT2D eigenvalue weighted by atomic mass is 16.5. The molecule has 1 aliphatic carbocycles. The van der Waals surface area contributed by atoms with Crippen LogP contribution >= 0.6 is 0 Å². The monoisotopic (exact) mass is 368 g/mol. The summed E-state index contributed by atoms with van der Waals surface area (Å²) in [5.41, 5.74) is 2.96. The van der Waals surface area contributed by atoms with E-state index in [1.807, 2.05) is 30.5 Å². The summed E-state index contributed by atoms with van der Waals surface area (Å²) in [5, 5.41) is 10.7. The van der Waals surface area contributed by atoms with Crippen LogP contribution in [0.2, 0.25) is 0 Å². The third-order valence-corrected chi connectivity index (χ3v) is 6.58. The number of fused-ring (bicyclic) bond motifs is 2. The maximum atomic E-state index is 10.7. The second kappa shape index (κ2) is 7.43. The lowest BCUT2D eigenvalue weighted by Gasteiger charge is -2.43. The molecule has 5 rings (SSSR count). The SMILES string of the molecule is O[C@@H]1C[C@H]2CN(Cc3cnc4ccccc4n3)C[C@H]2C[C@H]1N1CCOCC1. The quantitative estimate of drug-likeness (QED) is 0.887. The maximum absolute atomic E-state index is 10.7.